The van der Waals surface area contributed by atoms with E-state index in [1.54, 1.807) is 7.05 Å². The highest BCUT2D eigenvalue weighted by atomic mass is 32.2. The molecular formula is C11H18FN3O4S2. The van der Waals surface area contributed by atoms with Crippen molar-refractivity contribution in [2.24, 2.45) is 0 Å². The van der Waals surface area contributed by atoms with Crippen molar-refractivity contribution in [3.05, 3.63) is 24.0 Å². The molecule has 0 spiro atoms. The van der Waals surface area contributed by atoms with E-state index in [9.17, 15) is 21.2 Å². The van der Waals surface area contributed by atoms with Crippen molar-refractivity contribution in [2.75, 3.05) is 31.1 Å². The summed E-state index contributed by atoms with van der Waals surface area (Å²) in [7, 11) is -5.70. The highest BCUT2D eigenvalue weighted by molar-refractivity contribution is 7.92. The third-order valence-corrected chi connectivity index (χ3v) is 4.49. The maximum atomic E-state index is 13.7. The zero-order valence-electron chi connectivity index (χ0n) is 11.7. The van der Waals surface area contributed by atoms with Crippen LogP contribution < -0.4 is 14.8 Å². The van der Waals surface area contributed by atoms with Crippen LogP contribution in [0.25, 0.3) is 0 Å². The van der Waals surface area contributed by atoms with Crippen LogP contribution in [0.3, 0.4) is 0 Å². The van der Waals surface area contributed by atoms with Gasteiger partial charge < -0.3 is 5.32 Å². The molecule has 0 aliphatic rings. The highest BCUT2D eigenvalue weighted by Crippen LogP contribution is 2.19. The fourth-order valence-corrected chi connectivity index (χ4v) is 3.15. The fraction of sp³-hybridized carbons (Fsp3) is 0.455. The zero-order chi connectivity index (χ0) is 16.1. The standard InChI is InChI=1S/C11H18FN3O4S2/c1-13-6-3-7-14-21(18,19)9-4-5-11(10(12)8-9)15-20(2,16)17/h4-5,8,13-15H,3,6-7H2,1-2H3. The molecule has 0 fully saturated rings. The molecule has 0 amide bonds. The van der Waals surface area contributed by atoms with E-state index in [4.69, 9.17) is 0 Å². The Bertz CT molecular complexity index is 689. The molecule has 0 saturated carbocycles. The number of rotatable bonds is 8. The van der Waals surface area contributed by atoms with Gasteiger partial charge in [0.15, 0.2) is 0 Å². The molecule has 120 valence electrons. The van der Waals surface area contributed by atoms with Gasteiger partial charge in [-0.1, -0.05) is 0 Å². The van der Waals surface area contributed by atoms with Crippen LogP contribution in [0, 0.1) is 5.82 Å². The average Bonchev–Trinajstić information content (AvgIpc) is 2.35. The van der Waals surface area contributed by atoms with Gasteiger partial charge in [-0.25, -0.2) is 25.9 Å². The molecule has 21 heavy (non-hydrogen) atoms. The molecule has 7 nitrogen and oxygen atoms in total. The van der Waals surface area contributed by atoms with Gasteiger partial charge >= 0.3 is 0 Å². The second kappa shape index (κ2) is 7.16. The molecule has 0 radical (unpaired) electrons. The van der Waals surface area contributed by atoms with Gasteiger partial charge in [-0.15, -0.1) is 0 Å². The largest absolute Gasteiger partial charge is 0.320 e. The summed E-state index contributed by atoms with van der Waals surface area (Å²) in [6, 6.07) is 2.98. The van der Waals surface area contributed by atoms with Crippen molar-refractivity contribution in [3.8, 4) is 0 Å². The summed E-state index contributed by atoms with van der Waals surface area (Å²) in [5.74, 6) is -0.960. The Labute approximate surface area is 124 Å². The number of hydrogen-bond donors (Lipinski definition) is 3. The molecule has 0 aliphatic carbocycles. The molecule has 1 aromatic carbocycles. The van der Waals surface area contributed by atoms with Crippen LogP contribution in [0.2, 0.25) is 0 Å². The lowest BCUT2D eigenvalue weighted by atomic mass is 10.3. The third kappa shape index (κ3) is 5.96. The van der Waals surface area contributed by atoms with Crippen molar-refractivity contribution in [1.82, 2.24) is 10.0 Å². The Kier molecular flexibility index (Phi) is 6.08. The molecule has 0 bridgehead atoms. The number of halogens is 1. The summed E-state index contributed by atoms with van der Waals surface area (Å²) in [6.45, 7) is 0.863. The molecule has 0 unspecified atom stereocenters. The number of nitrogens with one attached hydrogen (secondary N) is 3. The highest BCUT2D eigenvalue weighted by Gasteiger charge is 2.16. The van der Waals surface area contributed by atoms with Gasteiger partial charge in [-0.3, -0.25) is 4.72 Å². The first-order chi connectivity index (χ1) is 9.65. The van der Waals surface area contributed by atoms with Crippen molar-refractivity contribution in [3.63, 3.8) is 0 Å². The molecule has 1 aromatic rings. The van der Waals surface area contributed by atoms with Gasteiger partial charge in [0.05, 0.1) is 16.8 Å². The molecule has 3 N–H and O–H groups in total. The molecule has 0 heterocycles. The number of benzene rings is 1. The van der Waals surface area contributed by atoms with Crippen molar-refractivity contribution < 1.29 is 21.2 Å². The first-order valence-corrected chi connectivity index (χ1v) is 9.45. The lowest BCUT2D eigenvalue weighted by molar-refractivity contribution is 0.574. The lowest BCUT2D eigenvalue weighted by Gasteiger charge is -2.09. The van der Waals surface area contributed by atoms with E-state index >= 15 is 0 Å². The maximum Gasteiger partial charge on any atom is 0.240 e. The van der Waals surface area contributed by atoms with E-state index in [-0.39, 0.29) is 17.1 Å². The van der Waals surface area contributed by atoms with Crippen LogP contribution in [-0.4, -0.2) is 43.2 Å². The number of sulfonamides is 2. The summed E-state index contributed by atoms with van der Waals surface area (Å²) in [4.78, 5) is -0.261. The Balaban J connectivity index is 2.87. The quantitative estimate of drug-likeness (QED) is 0.582. The average molecular weight is 339 g/mol. The zero-order valence-corrected chi connectivity index (χ0v) is 13.3. The molecule has 0 aliphatic heterocycles. The normalized spacial score (nSPS) is 12.3. The van der Waals surface area contributed by atoms with Gasteiger partial charge in [0.2, 0.25) is 20.0 Å². The van der Waals surface area contributed by atoms with Crippen LogP contribution in [0.5, 0.6) is 0 Å². The molecule has 0 atom stereocenters. The Morgan fingerprint density at radius 1 is 1.14 bits per heavy atom. The van der Waals surface area contributed by atoms with Gasteiger partial charge in [0.1, 0.15) is 5.82 Å². The molecule has 0 aromatic heterocycles. The van der Waals surface area contributed by atoms with Crippen molar-refractivity contribution in [1.29, 1.82) is 0 Å². The van der Waals surface area contributed by atoms with Gasteiger partial charge in [-0.05, 0) is 38.2 Å². The van der Waals surface area contributed by atoms with Gasteiger partial charge in [0.25, 0.3) is 0 Å². The minimum atomic E-state index is -3.82. The summed E-state index contributed by atoms with van der Waals surface area (Å²) in [5.41, 5.74) is -0.299. The summed E-state index contributed by atoms with van der Waals surface area (Å²) in [5, 5.41) is 2.87. The third-order valence-electron chi connectivity index (χ3n) is 2.44. The number of hydrogen-bond acceptors (Lipinski definition) is 5. The minimum absolute atomic E-state index is 0.216. The molecule has 1 rings (SSSR count). The van der Waals surface area contributed by atoms with E-state index in [0.29, 0.717) is 13.0 Å². The van der Waals surface area contributed by atoms with Crippen LogP contribution in [-0.2, 0) is 20.0 Å². The van der Waals surface area contributed by atoms with E-state index in [1.165, 1.54) is 0 Å². The summed E-state index contributed by atoms with van der Waals surface area (Å²) in [6.07, 6.45) is 1.46. The summed E-state index contributed by atoms with van der Waals surface area (Å²) < 4.78 is 63.9. The van der Waals surface area contributed by atoms with Crippen LogP contribution in [0.1, 0.15) is 6.42 Å². The van der Waals surface area contributed by atoms with E-state index in [1.807, 2.05) is 4.72 Å². The monoisotopic (exact) mass is 339 g/mol. The van der Waals surface area contributed by atoms with Crippen molar-refractivity contribution >= 4 is 25.7 Å². The molecule has 10 heteroatoms. The second-order valence-corrected chi connectivity index (χ2v) is 7.89. The summed E-state index contributed by atoms with van der Waals surface area (Å²) >= 11 is 0. The maximum absolute atomic E-state index is 13.7. The lowest BCUT2D eigenvalue weighted by Crippen LogP contribution is -2.27. The smallest absolute Gasteiger partial charge is 0.240 e. The first kappa shape index (κ1) is 17.8. The second-order valence-electron chi connectivity index (χ2n) is 4.37. The van der Waals surface area contributed by atoms with E-state index in [2.05, 4.69) is 10.0 Å². The van der Waals surface area contributed by atoms with Crippen LogP contribution in [0.15, 0.2) is 23.1 Å². The van der Waals surface area contributed by atoms with Crippen LogP contribution in [0.4, 0.5) is 10.1 Å². The Hall–Kier alpha value is -1.23. The predicted octanol–water partition coefficient (Wildman–Crippen LogP) is 0.0850. The van der Waals surface area contributed by atoms with Crippen molar-refractivity contribution in [2.45, 2.75) is 11.3 Å². The molecule has 0 saturated heterocycles. The topological polar surface area (TPSA) is 104 Å². The first-order valence-electron chi connectivity index (χ1n) is 6.07. The molecular weight excluding hydrogens is 321 g/mol. The van der Waals surface area contributed by atoms with Gasteiger partial charge in [0, 0.05) is 6.54 Å². The predicted molar refractivity (Wildman–Crippen MR) is 78.6 cm³/mol. The van der Waals surface area contributed by atoms with Gasteiger partial charge in [-0.2, -0.15) is 0 Å². The Morgan fingerprint density at radius 2 is 1.81 bits per heavy atom. The SMILES string of the molecule is CNCCCNS(=O)(=O)c1ccc(NS(C)(=O)=O)c(F)c1. The Morgan fingerprint density at radius 3 is 2.33 bits per heavy atom. The minimum Gasteiger partial charge on any atom is -0.320 e. The fourth-order valence-electron chi connectivity index (χ4n) is 1.50. The van der Waals surface area contributed by atoms with E-state index < -0.39 is 25.9 Å². The van der Waals surface area contributed by atoms with E-state index in [0.717, 1.165) is 24.5 Å². The number of anilines is 1. The van der Waals surface area contributed by atoms with Crippen LogP contribution >= 0.6 is 0 Å².